The number of halogens is 1. The molecule has 146 valence electrons. The topological polar surface area (TPSA) is 35.5 Å². The monoisotopic (exact) mass is 448 g/mol. The summed E-state index contributed by atoms with van der Waals surface area (Å²) in [6.45, 7) is 0. The third-order valence-corrected chi connectivity index (χ3v) is 6.08. The van der Waals surface area contributed by atoms with Gasteiger partial charge in [-0.3, -0.25) is 4.79 Å². The van der Waals surface area contributed by atoms with Crippen LogP contribution in [0.3, 0.4) is 0 Å². The summed E-state index contributed by atoms with van der Waals surface area (Å²) < 4.78 is 11.9. The van der Waals surface area contributed by atoms with Crippen LogP contribution >= 0.6 is 15.9 Å². The SMILES string of the molecule is O=C(OC(Oc1ccccc1)c1ccccc1)C1(C=Cc2ccccc2)CC1Br. The molecule has 0 radical (unpaired) electrons. The molecule has 4 heteroatoms. The molecule has 1 aliphatic rings. The number of hydrogen-bond acceptors (Lipinski definition) is 3. The molecule has 1 fully saturated rings. The van der Waals surface area contributed by atoms with Crippen LogP contribution in [0, 0.1) is 5.41 Å². The molecule has 3 aromatic carbocycles. The van der Waals surface area contributed by atoms with Crippen LogP contribution in [0.2, 0.25) is 0 Å². The summed E-state index contributed by atoms with van der Waals surface area (Å²) in [7, 11) is 0. The quantitative estimate of drug-likeness (QED) is 0.246. The van der Waals surface area contributed by atoms with Crippen molar-refractivity contribution < 1.29 is 14.3 Å². The molecule has 4 rings (SSSR count). The van der Waals surface area contributed by atoms with E-state index in [2.05, 4.69) is 15.9 Å². The Kier molecular flexibility index (Phi) is 5.81. The molecule has 3 unspecified atom stereocenters. The van der Waals surface area contributed by atoms with E-state index in [1.54, 1.807) is 0 Å². The zero-order valence-corrected chi connectivity index (χ0v) is 17.4. The molecule has 0 saturated heterocycles. The molecular weight excluding hydrogens is 428 g/mol. The number of ether oxygens (including phenoxy) is 2. The predicted molar refractivity (Wildman–Crippen MR) is 118 cm³/mol. The van der Waals surface area contributed by atoms with Crippen LogP contribution in [-0.4, -0.2) is 10.8 Å². The number of carbonyl (C=O) groups excluding carboxylic acids is 1. The second kappa shape index (κ2) is 8.66. The average molecular weight is 449 g/mol. The maximum Gasteiger partial charge on any atom is 0.320 e. The largest absolute Gasteiger partial charge is 0.450 e. The van der Waals surface area contributed by atoms with Gasteiger partial charge in [-0.1, -0.05) is 107 Å². The molecular formula is C25H21BrO3. The first kappa shape index (κ1) is 19.5. The highest BCUT2D eigenvalue weighted by atomic mass is 79.9. The Hall–Kier alpha value is -2.85. The van der Waals surface area contributed by atoms with Crippen molar-refractivity contribution in [1.82, 2.24) is 0 Å². The van der Waals surface area contributed by atoms with Gasteiger partial charge in [-0.2, -0.15) is 0 Å². The molecule has 3 aromatic rings. The van der Waals surface area contributed by atoms with Gasteiger partial charge in [0.2, 0.25) is 0 Å². The lowest BCUT2D eigenvalue weighted by atomic mass is 10.1. The Morgan fingerprint density at radius 2 is 1.48 bits per heavy atom. The fraction of sp³-hybridized carbons (Fsp3) is 0.160. The zero-order chi connectivity index (χ0) is 20.1. The van der Waals surface area contributed by atoms with E-state index in [0.717, 1.165) is 11.1 Å². The summed E-state index contributed by atoms with van der Waals surface area (Å²) in [4.78, 5) is 13.2. The lowest BCUT2D eigenvalue weighted by molar-refractivity contribution is -0.169. The highest BCUT2D eigenvalue weighted by molar-refractivity contribution is 9.09. The maximum absolute atomic E-state index is 13.1. The molecule has 1 saturated carbocycles. The van der Waals surface area contributed by atoms with E-state index in [1.807, 2.05) is 103 Å². The summed E-state index contributed by atoms with van der Waals surface area (Å²) in [6.07, 6.45) is 3.79. The van der Waals surface area contributed by atoms with Crippen LogP contribution in [0.5, 0.6) is 5.75 Å². The number of esters is 1. The van der Waals surface area contributed by atoms with E-state index < -0.39 is 11.7 Å². The number of rotatable bonds is 7. The molecule has 0 heterocycles. The van der Waals surface area contributed by atoms with Crippen LogP contribution in [-0.2, 0) is 9.53 Å². The summed E-state index contributed by atoms with van der Waals surface area (Å²) in [5, 5.41) is 0. The lowest BCUT2D eigenvalue weighted by Gasteiger charge is -2.22. The number of benzene rings is 3. The lowest BCUT2D eigenvalue weighted by Crippen LogP contribution is -2.24. The van der Waals surface area contributed by atoms with Gasteiger partial charge in [0.15, 0.2) is 0 Å². The Morgan fingerprint density at radius 1 is 0.931 bits per heavy atom. The van der Waals surface area contributed by atoms with Gasteiger partial charge in [-0.25, -0.2) is 0 Å². The summed E-state index contributed by atoms with van der Waals surface area (Å²) in [5.41, 5.74) is 1.16. The smallest absolute Gasteiger partial charge is 0.320 e. The third kappa shape index (κ3) is 4.60. The van der Waals surface area contributed by atoms with Crippen molar-refractivity contribution in [2.24, 2.45) is 5.41 Å². The van der Waals surface area contributed by atoms with Crippen molar-refractivity contribution in [3.63, 3.8) is 0 Å². The Labute approximate surface area is 179 Å². The average Bonchev–Trinajstić information content (AvgIpc) is 3.45. The van der Waals surface area contributed by atoms with Gasteiger partial charge in [-0.05, 0) is 24.1 Å². The molecule has 1 aliphatic carbocycles. The Balaban J connectivity index is 1.54. The van der Waals surface area contributed by atoms with Crippen molar-refractivity contribution in [2.45, 2.75) is 17.5 Å². The first-order chi connectivity index (χ1) is 14.2. The van der Waals surface area contributed by atoms with E-state index in [-0.39, 0.29) is 10.8 Å². The fourth-order valence-corrected chi connectivity index (χ4v) is 3.97. The molecule has 3 nitrogen and oxygen atoms in total. The minimum Gasteiger partial charge on any atom is -0.450 e. The normalized spacial score (nSPS) is 21.5. The predicted octanol–water partition coefficient (Wildman–Crippen LogP) is 6.17. The van der Waals surface area contributed by atoms with Crippen molar-refractivity contribution in [3.8, 4) is 5.75 Å². The zero-order valence-electron chi connectivity index (χ0n) is 15.8. The Morgan fingerprint density at radius 3 is 2.07 bits per heavy atom. The molecule has 0 N–H and O–H groups in total. The fourth-order valence-electron chi connectivity index (χ4n) is 3.10. The highest BCUT2D eigenvalue weighted by Gasteiger charge is 2.59. The molecule has 0 bridgehead atoms. The highest BCUT2D eigenvalue weighted by Crippen LogP contribution is 2.54. The van der Waals surface area contributed by atoms with Gasteiger partial charge in [0, 0.05) is 10.4 Å². The first-order valence-electron chi connectivity index (χ1n) is 9.53. The summed E-state index contributed by atoms with van der Waals surface area (Å²) in [6, 6.07) is 28.8. The van der Waals surface area contributed by atoms with E-state index >= 15 is 0 Å². The van der Waals surface area contributed by atoms with Crippen molar-refractivity contribution >= 4 is 28.0 Å². The molecule has 29 heavy (non-hydrogen) atoms. The standard InChI is InChI=1S/C25H21BrO3/c26-22-18-25(22,17-16-19-10-4-1-5-11-19)24(27)29-23(20-12-6-2-7-13-20)28-21-14-8-3-9-15-21/h1-17,22-23H,18H2. The maximum atomic E-state index is 13.1. The molecule has 0 spiro atoms. The summed E-state index contributed by atoms with van der Waals surface area (Å²) >= 11 is 3.60. The summed E-state index contributed by atoms with van der Waals surface area (Å²) in [5.74, 6) is 0.352. The van der Waals surface area contributed by atoms with E-state index in [0.29, 0.717) is 12.2 Å². The minimum absolute atomic E-state index is 0.0515. The van der Waals surface area contributed by atoms with Crippen molar-refractivity contribution in [3.05, 3.63) is 108 Å². The Bertz CT molecular complexity index is 973. The van der Waals surface area contributed by atoms with Crippen LogP contribution < -0.4 is 4.74 Å². The van der Waals surface area contributed by atoms with Crippen molar-refractivity contribution in [2.75, 3.05) is 0 Å². The minimum atomic E-state index is -0.812. The van der Waals surface area contributed by atoms with Gasteiger partial charge in [0.25, 0.3) is 6.29 Å². The van der Waals surface area contributed by atoms with Gasteiger partial charge >= 0.3 is 5.97 Å². The van der Waals surface area contributed by atoms with Crippen LogP contribution in [0.4, 0.5) is 0 Å². The van der Waals surface area contributed by atoms with Crippen LogP contribution in [0.15, 0.2) is 97.1 Å². The second-order valence-electron chi connectivity index (χ2n) is 7.03. The molecule has 3 atom stereocenters. The molecule has 0 amide bonds. The molecule has 0 aliphatic heterocycles. The first-order valence-corrected chi connectivity index (χ1v) is 10.4. The molecule has 0 aromatic heterocycles. The van der Waals surface area contributed by atoms with Gasteiger partial charge < -0.3 is 9.47 Å². The van der Waals surface area contributed by atoms with E-state index in [4.69, 9.17) is 9.47 Å². The van der Waals surface area contributed by atoms with Crippen LogP contribution in [0.1, 0.15) is 23.8 Å². The van der Waals surface area contributed by atoms with Crippen LogP contribution in [0.25, 0.3) is 6.08 Å². The number of carbonyl (C=O) groups is 1. The van der Waals surface area contributed by atoms with Gasteiger partial charge in [0.05, 0.1) is 5.41 Å². The van der Waals surface area contributed by atoms with Gasteiger partial charge in [-0.15, -0.1) is 0 Å². The number of alkyl halides is 1. The third-order valence-electron chi connectivity index (χ3n) is 4.94. The van der Waals surface area contributed by atoms with E-state index in [9.17, 15) is 4.79 Å². The second-order valence-corrected chi connectivity index (χ2v) is 8.14. The van der Waals surface area contributed by atoms with E-state index in [1.165, 1.54) is 0 Å². The van der Waals surface area contributed by atoms with Gasteiger partial charge in [0.1, 0.15) is 5.75 Å². The number of para-hydroxylation sites is 1. The number of hydrogen-bond donors (Lipinski definition) is 0. The van der Waals surface area contributed by atoms with Crippen molar-refractivity contribution in [1.29, 1.82) is 0 Å².